The molecular formula is C22H37N5O3. The Morgan fingerprint density at radius 3 is 2.27 bits per heavy atom. The van der Waals surface area contributed by atoms with Gasteiger partial charge in [-0.1, -0.05) is 30.3 Å². The van der Waals surface area contributed by atoms with Crippen LogP contribution in [-0.2, 0) is 16.1 Å². The first kappa shape index (κ1) is 25.3. The predicted molar refractivity (Wildman–Crippen MR) is 120 cm³/mol. The van der Waals surface area contributed by atoms with Gasteiger partial charge in [0.2, 0.25) is 5.91 Å². The number of aliphatic imine (C=N–C) groups is 1. The van der Waals surface area contributed by atoms with Gasteiger partial charge in [-0.3, -0.25) is 9.79 Å². The topological polar surface area (TPSA) is 104 Å². The SMILES string of the molecule is CCNC(=NCC(C)(C)NC(=O)OC(C)(C)C)NCCC(=O)NCc1ccccc1. The molecule has 4 N–H and O–H groups in total. The van der Waals surface area contributed by atoms with Crippen LogP contribution >= 0.6 is 0 Å². The van der Waals surface area contributed by atoms with Crippen LogP contribution in [-0.4, -0.2) is 48.7 Å². The van der Waals surface area contributed by atoms with Crippen molar-refractivity contribution in [3.63, 3.8) is 0 Å². The van der Waals surface area contributed by atoms with E-state index in [-0.39, 0.29) is 5.91 Å². The third kappa shape index (κ3) is 11.9. The molecule has 0 heterocycles. The highest BCUT2D eigenvalue weighted by Gasteiger charge is 2.24. The van der Waals surface area contributed by atoms with Crippen molar-refractivity contribution in [1.82, 2.24) is 21.3 Å². The van der Waals surface area contributed by atoms with E-state index in [2.05, 4.69) is 26.3 Å². The van der Waals surface area contributed by atoms with Crippen molar-refractivity contribution in [2.75, 3.05) is 19.6 Å². The molecule has 0 aliphatic heterocycles. The van der Waals surface area contributed by atoms with Crippen molar-refractivity contribution in [2.24, 2.45) is 4.99 Å². The van der Waals surface area contributed by atoms with Gasteiger partial charge in [0.1, 0.15) is 5.60 Å². The van der Waals surface area contributed by atoms with Crippen molar-refractivity contribution in [1.29, 1.82) is 0 Å². The third-order valence-corrected chi connectivity index (χ3v) is 3.79. The Morgan fingerprint density at radius 1 is 1.00 bits per heavy atom. The van der Waals surface area contributed by atoms with Gasteiger partial charge in [-0.2, -0.15) is 0 Å². The Kier molecular flexibility index (Phi) is 10.1. The Balaban J connectivity index is 2.45. The van der Waals surface area contributed by atoms with Crippen LogP contribution in [0.5, 0.6) is 0 Å². The van der Waals surface area contributed by atoms with E-state index in [0.717, 1.165) is 5.56 Å². The Labute approximate surface area is 180 Å². The summed E-state index contributed by atoms with van der Waals surface area (Å²) < 4.78 is 5.30. The summed E-state index contributed by atoms with van der Waals surface area (Å²) in [6.07, 6.45) is -0.146. The molecule has 0 saturated carbocycles. The number of nitrogens with zero attached hydrogens (tertiary/aromatic N) is 1. The van der Waals surface area contributed by atoms with E-state index in [1.165, 1.54) is 0 Å². The van der Waals surface area contributed by atoms with E-state index in [0.29, 0.717) is 38.6 Å². The molecule has 1 aromatic rings. The van der Waals surface area contributed by atoms with E-state index in [4.69, 9.17) is 4.74 Å². The maximum Gasteiger partial charge on any atom is 0.408 e. The number of nitrogens with one attached hydrogen (secondary N) is 4. The molecule has 0 atom stereocenters. The molecule has 1 aromatic carbocycles. The molecule has 0 aromatic heterocycles. The summed E-state index contributed by atoms with van der Waals surface area (Å²) in [7, 11) is 0. The number of hydrogen-bond acceptors (Lipinski definition) is 4. The van der Waals surface area contributed by atoms with E-state index in [1.54, 1.807) is 0 Å². The lowest BCUT2D eigenvalue weighted by atomic mass is 10.1. The summed E-state index contributed by atoms with van der Waals surface area (Å²) in [5, 5.41) is 12.0. The van der Waals surface area contributed by atoms with Crippen LogP contribution in [0.15, 0.2) is 35.3 Å². The normalized spacial score (nSPS) is 12.1. The summed E-state index contributed by atoms with van der Waals surface area (Å²) in [4.78, 5) is 28.6. The molecule has 0 aliphatic carbocycles. The fourth-order valence-electron chi connectivity index (χ4n) is 2.42. The predicted octanol–water partition coefficient (Wildman–Crippen LogP) is 2.55. The van der Waals surface area contributed by atoms with Gasteiger partial charge in [0, 0.05) is 26.1 Å². The Morgan fingerprint density at radius 2 is 1.67 bits per heavy atom. The maximum absolute atomic E-state index is 12.0. The summed E-state index contributed by atoms with van der Waals surface area (Å²) >= 11 is 0. The molecule has 0 unspecified atom stereocenters. The first-order chi connectivity index (χ1) is 14.0. The van der Waals surface area contributed by atoms with Gasteiger partial charge in [-0.25, -0.2) is 4.79 Å². The lowest BCUT2D eigenvalue weighted by Crippen LogP contribution is -2.49. The van der Waals surface area contributed by atoms with Crippen LogP contribution in [0.4, 0.5) is 4.79 Å². The number of hydrogen-bond donors (Lipinski definition) is 4. The average Bonchev–Trinajstić information content (AvgIpc) is 2.63. The van der Waals surface area contributed by atoms with Crippen LogP contribution in [0.3, 0.4) is 0 Å². The fraction of sp³-hybridized carbons (Fsp3) is 0.591. The monoisotopic (exact) mass is 419 g/mol. The molecule has 0 saturated heterocycles. The number of carbonyl (C=O) groups excluding carboxylic acids is 2. The second-order valence-electron chi connectivity index (χ2n) is 8.65. The smallest absolute Gasteiger partial charge is 0.408 e. The molecule has 168 valence electrons. The fourth-order valence-corrected chi connectivity index (χ4v) is 2.42. The zero-order valence-corrected chi connectivity index (χ0v) is 19.1. The van der Waals surface area contributed by atoms with E-state index in [1.807, 2.05) is 71.9 Å². The van der Waals surface area contributed by atoms with Gasteiger partial charge in [0.05, 0.1) is 12.1 Å². The minimum Gasteiger partial charge on any atom is -0.444 e. The molecule has 0 bridgehead atoms. The molecule has 0 radical (unpaired) electrons. The summed E-state index contributed by atoms with van der Waals surface area (Å²) in [5.41, 5.74) is -0.0768. The molecule has 8 nitrogen and oxygen atoms in total. The first-order valence-electron chi connectivity index (χ1n) is 10.3. The summed E-state index contributed by atoms with van der Waals surface area (Å²) in [6.45, 7) is 13.2. The highest BCUT2D eigenvalue weighted by molar-refractivity contribution is 5.81. The second kappa shape index (κ2) is 12.0. The number of benzene rings is 1. The minimum atomic E-state index is -0.586. The van der Waals surface area contributed by atoms with Crippen molar-refractivity contribution in [3.8, 4) is 0 Å². The van der Waals surface area contributed by atoms with Crippen molar-refractivity contribution in [2.45, 2.75) is 65.6 Å². The highest BCUT2D eigenvalue weighted by Crippen LogP contribution is 2.09. The van der Waals surface area contributed by atoms with Gasteiger partial charge in [-0.15, -0.1) is 0 Å². The van der Waals surface area contributed by atoms with Crippen molar-refractivity contribution < 1.29 is 14.3 Å². The quantitative estimate of drug-likeness (QED) is 0.364. The summed E-state index contributed by atoms with van der Waals surface area (Å²) in [6, 6.07) is 9.78. The van der Waals surface area contributed by atoms with Crippen LogP contribution in [0, 0.1) is 0 Å². The van der Waals surface area contributed by atoms with Gasteiger partial charge in [0.25, 0.3) is 0 Å². The van der Waals surface area contributed by atoms with Crippen LogP contribution < -0.4 is 21.3 Å². The molecule has 0 spiro atoms. The molecular weight excluding hydrogens is 382 g/mol. The number of rotatable bonds is 9. The number of carbonyl (C=O) groups is 2. The zero-order chi connectivity index (χ0) is 22.6. The lowest BCUT2D eigenvalue weighted by molar-refractivity contribution is -0.121. The molecule has 0 aliphatic rings. The van der Waals surface area contributed by atoms with Crippen LogP contribution in [0.25, 0.3) is 0 Å². The average molecular weight is 420 g/mol. The number of amides is 2. The standard InChI is InChI=1S/C22H37N5O3/c1-7-23-19(26-16-22(5,6)27-20(29)30-21(2,3)4)24-14-13-18(28)25-15-17-11-9-8-10-12-17/h8-12H,7,13-16H2,1-6H3,(H,25,28)(H,27,29)(H2,23,24,26). The van der Waals surface area contributed by atoms with E-state index < -0.39 is 17.2 Å². The van der Waals surface area contributed by atoms with Crippen molar-refractivity contribution in [3.05, 3.63) is 35.9 Å². The maximum atomic E-state index is 12.0. The largest absolute Gasteiger partial charge is 0.444 e. The number of alkyl carbamates (subject to hydrolysis) is 1. The van der Waals surface area contributed by atoms with Gasteiger partial charge in [-0.05, 0) is 47.1 Å². The van der Waals surface area contributed by atoms with Crippen LogP contribution in [0.1, 0.15) is 53.5 Å². The number of ether oxygens (including phenoxy) is 1. The van der Waals surface area contributed by atoms with Gasteiger partial charge in [0.15, 0.2) is 5.96 Å². The first-order valence-corrected chi connectivity index (χ1v) is 10.3. The molecule has 0 fully saturated rings. The molecule has 30 heavy (non-hydrogen) atoms. The molecule has 2 amide bonds. The van der Waals surface area contributed by atoms with Gasteiger partial charge >= 0.3 is 6.09 Å². The second-order valence-corrected chi connectivity index (χ2v) is 8.65. The highest BCUT2D eigenvalue weighted by atomic mass is 16.6. The molecule has 1 rings (SSSR count). The third-order valence-electron chi connectivity index (χ3n) is 3.79. The van der Waals surface area contributed by atoms with E-state index >= 15 is 0 Å². The van der Waals surface area contributed by atoms with Crippen molar-refractivity contribution >= 4 is 18.0 Å². The summed E-state index contributed by atoms with van der Waals surface area (Å²) in [5.74, 6) is 0.557. The lowest BCUT2D eigenvalue weighted by Gasteiger charge is -2.27. The molecule has 8 heteroatoms. The van der Waals surface area contributed by atoms with Crippen LogP contribution in [0.2, 0.25) is 0 Å². The zero-order valence-electron chi connectivity index (χ0n) is 19.1. The number of guanidine groups is 1. The van der Waals surface area contributed by atoms with Gasteiger partial charge < -0.3 is 26.0 Å². The Bertz CT molecular complexity index is 696. The Hall–Kier alpha value is -2.77. The van der Waals surface area contributed by atoms with E-state index in [9.17, 15) is 9.59 Å². The minimum absolute atomic E-state index is 0.0332.